The van der Waals surface area contributed by atoms with Gasteiger partial charge in [-0.05, 0) is 19.4 Å². The number of rotatable bonds is 11. The van der Waals surface area contributed by atoms with Gasteiger partial charge in [0, 0.05) is 6.42 Å². The summed E-state index contributed by atoms with van der Waals surface area (Å²) in [6.07, 6.45) is -2.42. The first-order valence-electron chi connectivity index (χ1n) is 6.00. The highest BCUT2D eigenvalue weighted by atomic mass is 16.4. The molecule has 0 amide bonds. The molecule has 0 saturated carbocycles. The number of Topliss-reactive ketones (excluding diaryl/α,β-unsaturated/α-hetero) is 1. The molecule has 6 N–H and O–H groups in total. The van der Waals surface area contributed by atoms with Crippen LogP contribution < -0.4 is 5.32 Å². The first kappa shape index (κ1) is 17.9. The van der Waals surface area contributed by atoms with Crippen molar-refractivity contribution in [2.24, 2.45) is 0 Å². The van der Waals surface area contributed by atoms with Crippen molar-refractivity contribution in [2.45, 2.75) is 37.5 Å². The van der Waals surface area contributed by atoms with Crippen molar-refractivity contribution in [1.29, 1.82) is 0 Å². The first-order chi connectivity index (χ1) is 8.93. The van der Waals surface area contributed by atoms with E-state index in [9.17, 15) is 14.7 Å². The van der Waals surface area contributed by atoms with Crippen molar-refractivity contribution >= 4 is 11.8 Å². The van der Waals surface area contributed by atoms with E-state index in [0.717, 1.165) is 0 Å². The van der Waals surface area contributed by atoms with Crippen LogP contribution >= 0.6 is 0 Å². The Morgan fingerprint density at radius 3 is 2.16 bits per heavy atom. The standard InChI is InChI=1S/C11H21NO7/c13-5-7(10(18)11(19)8(15)6-14)12-4-2-1-3-9(16)17/h7-8,11-15,19H,1-6H2,(H,16,17)/t7-,8+,11+/m0/s1. The number of aliphatic hydroxyl groups is 4. The lowest BCUT2D eigenvalue weighted by atomic mass is 10.0. The molecule has 112 valence electrons. The molecule has 0 spiro atoms. The molecule has 0 radical (unpaired) electrons. The second-order valence-corrected chi connectivity index (χ2v) is 4.14. The van der Waals surface area contributed by atoms with Crippen LogP contribution in [0.25, 0.3) is 0 Å². The fourth-order valence-electron chi connectivity index (χ4n) is 1.43. The van der Waals surface area contributed by atoms with Gasteiger partial charge in [0.1, 0.15) is 12.2 Å². The van der Waals surface area contributed by atoms with Gasteiger partial charge in [0.2, 0.25) is 0 Å². The highest BCUT2D eigenvalue weighted by Crippen LogP contribution is 2.00. The maximum atomic E-state index is 11.6. The van der Waals surface area contributed by atoms with Gasteiger partial charge in [0.05, 0.1) is 19.3 Å². The number of hydrogen-bond donors (Lipinski definition) is 6. The van der Waals surface area contributed by atoms with Crippen LogP contribution in [-0.4, -0.2) is 75.3 Å². The zero-order chi connectivity index (χ0) is 14.8. The second kappa shape index (κ2) is 9.82. The lowest BCUT2D eigenvalue weighted by Crippen LogP contribution is -2.49. The number of ketones is 1. The number of aliphatic hydroxyl groups excluding tert-OH is 4. The Hall–Kier alpha value is -1.06. The van der Waals surface area contributed by atoms with Gasteiger partial charge in [-0.2, -0.15) is 0 Å². The number of hydrogen-bond acceptors (Lipinski definition) is 7. The molecule has 19 heavy (non-hydrogen) atoms. The zero-order valence-corrected chi connectivity index (χ0v) is 10.5. The minimum Gasteiger partial charge on any atom is -0.481 e. The van der Waals surface area contributed by atoms with Gasteiger partial charge in [-0.3, -0.25) is 9.59 Å². The predicted octanol–water partition coefficient (Wildman–Crippen LogP) is -2.52. The minimum atomic E-state index is -1.77. The molecule has 0 aromatic carbocycles. The lowest BCUT2D eigenvalue weighted by Gasteiger charge is -2.21. The molecule has 0 rings (SSSR count). The summed E-state index contributed by atoms with van der Waals surface area (Å²) in [5, 5.41) is 47.2. The van der Waals surface area contributed by atoms with E-state index in [2.05, 4.69) is 5.32 Å². The number of aliphatic carboxylic acids is 1. The third kappa shape index (κ3) is 7.19. The smallest absolute Gasteiger partial charge is 0.303 e. The fourth-order valence-corrected chi connectivity index (χ4v) is 1.43. The van der Waals surface area contributed by atoms with E-state index in [1.807, 2.05) is 0 Å². The topological polar surface area (TPSA) is 147 Å². The number of carboxylic acid groups (broad SMARTS) is 1. The van der Waals surface area contributed by atoms with E-state index in [1.165, 1.54) is 0 Å². The summed E-state index contributed by atoms with van der Waals surface area (Å²) in [7, 11) is 0. The molecule has 3 atom stereocenters. The van der Waals surface area contributed by atoms with E-state index in [-0.39, 0.29) is 6.42 Å². The van der Waals surface area contributed by atoms with Gasteiger partial charge in [-0.25, -0.2) is 0 Å². The van der Waals surface area contributed by atoms with Gasteiger partial charge in [-0.15, -0.1) is 0 Å². The van der Waals surface area contributed by atoms with Gasteiger partial charge in [-0.1, -0.05) is 0 Å². The number of unbranched alkanes of at least 4 members (excludes halogenated alkanes) is 1. The summed E-state index contributed by atoms with van der Waals surface area (Å²) >= 11 is 0. The lowest BCUT2D eigenvalue weighted by molar-refractivity contribution is -0.138. The quantitative estimate of drug-likeness (QED) is 0.227. The average Bonchev–Trinajstić information content (AvgIpc) is 2.40. The van der Waals surface area contributed by atoms with E-state index >= 15 is 0 Å². The zero-order valence-electron chi connectivity index (χ0n) is 10.5. The fraction of sp³-hybridized carbons (Fsp3) is 0.818. The number of nitrogens with one attached hydrogen (secondary N) is 1. The van der Waals surface area contributed by atoms with E-state index in [1.54, 1.807) is 0 Å². The summed E-state index contributed by atoms with van der Waals surface area (Å²) in [4.78, 5) is 21.9. The van der Waals surface area contributed by atoms with Crippen molar-refractivity contribution < 1.29 is 35.1 Å². The van der Waals surface area contributed by atoms with Crippen LogP contribution in [0.3, 0.4) is 0 Å². The van der Waals surface area contributed by atoms with Crippen LogP contribution in [0.4, 0.5) is 0 Å². The third-order valence-corrected chi connectivity index (χ3v) is 2.58. The van der Waals surface area contributed by atoms with Gasteiger partial charge in [0.15, 0.2) is 5.78 Å². The SMILES string of the molecule is O=C(O)CCCCN[C@@H](CO)C(=O)[C@H](O)[C@H](O)CO. The molecule has 0 aromatic heterocycles. The molecule has 0 unspecified atom stereocenters. The number of carboxylic acids is 1. The summed E-state index contributed by atoms with van der Waals surface area (Å²) in [6.45, 7) is -1.02. The molecule has 0 fully saturated rings. The Morgan fingerprint density at radius 1 is 1.05 bits per heavy atom. The first-order valence-corrected chi connectivity index (χ1v) is 6.00. The molecule has 0 heterocycles. The summed E-state index contributed by atoms with van der Waals surface area (Å²) in [6, 6.07) is -1.05. The van der Waals surface area contributed by atoms with Crippen LogP contribution in [0.2, 0.25) is 0 Å². The van der Waals surface area contributed by atoms with Crippen molar-refractivity contribution in [1.82, 2.24) is 5.32 Å². The van der Waals surface area contributed by atoms with Crippen molar-refractivity contribution in [3.05, 3.63) is 0 Å². The van der Waals surface area contributed by atoms with Gasteiger partial charge >= 0.3 is 5.97 Å². The summed E-state index contributed by atoms with van der Waals surface area (Å²) in [5.74, 6) is -1.72. The molecule has 0 bridgehead atoms. The predicted molar refractivity (Wildman–Crippen MR) is 64.5 cm³/mol. The Kier molecular flexibility index (Phi) is 9.27. The van der Waals surface area contributed by atoms with Gasteiger partial charge < -0.3 is 30.8 Å². The maximum Gasteiger partial charge on any atom is 0.303 e. The maximum absolute atomic E-state index is 11.6. The summed E-state index contributed by atoms with van der Waals surface area (Å²) < 4.78 is 0. The monoisotopic (exact) mass is 279 g/mol. The van der Waals surface area contributed by atoms with Crippen molar-refractivity contribution in [3.8, 4) is 0 Å². The molecule has 0 aromatic rings. The highest BCUT2D eigenvalue weighted by molar-refractivity contribution is 5.88. The average molecular weight is 279 g/mol. The Labute approximate surface area is 110 Å². The van der Waals surface area contributed by atoms with Crippen LogP contribution in [0.15, 0.2) is 0 Å². The minimum absolute atomic E-state index is 0.0191. The van der Waals surface area contributed by atoms with Crippen LogP contribution in [0.5, 0.6) is 0 Å². The van der Waals surface area contributed by atoms with Crippen molar-refractivity contribution in [2.75, 3.05) is 19.8 Å². The van der Waals surface area contributed by atoms with E-state index < -0.39 is 43.2 Å². The normalized spacial score (nSPS) is 15.8. The molecular formula is C11H21NO7. The number of carbonyl (C=O) groups is 2. The molecule has 0 aliphatic rings. The van der Waals surface area contributed by atoms with Crippen LogP contribution in [0, 0.1) is 0 Å². The van der Waals surface area contributed by atoms with E-state index in [4.69, 9.17) is 20.4 Å². The van der Waals surface area contributed by atoms with Crippen LogP contribution in [0.1, 0.15) is 19.3 Å². The molecule has 8 nitrogen and oxygen atoms in total. The van der Waals surface area contributed by atoms with Crippen LogP contribution in [-0.2, 0) is 9.59 Å². The van der Waals surface area contributed by atoms with Crippen molar-refractivity contribution in [3.63, 3.8) is 0 Å². The molecular weight excluding hydrogens is 258 g/mol. The summed E-state index contributed by atoms with van der Waals surface area (Å²) in [5.41, 5.74) is 0. The molecule has 0 saturated heterocycles. The highest BCUT2D eigenvalue weighted by Gasteiger charge is 2.29. The molecule has 8 heteroatoms. The number of carbonyl (C=O) groups excluding carboxylic acids is 1. The molecule has 0 aliphatic heterocycles. The Balaban J connectivity index is 4.05. The molecule has 0 aliphatic carbocycles. The second-order valence-electron chi connectivity index (χ2n) is 4.14. The third-order valence-electron chi connectivity index (χ3n) is 2.58. The van der Waals surface area contributed by atoms with Gasteiger partial charge in [0.25, 0.3) is 0 Å². The van der Waals surface area contributed by atoms with E-state index in [0.29, 0.717) is 19.4 Å². The largest absolute Gasteiger partial charge is 0.481 e. The Morgan fingerprint density at radius 2 is 1.68 bits per heavy atom. The Bertz CT molecular complexity index is 284.